The van der Waals surface area contributed by atoms with Gasteiger partial charge < -0.3 is 16.8 Å². The fourth-order valence-corrected chi connectivity index (χ4v) is 2.40. The highest BCUT2D eigenvalue weighted by molar-refractivity contribution is 8.00. The van der Waals surface area contributed by atoms with Crippen LogP contribution in [0.1, 0.15) is 12.5 Å². The van der Waals surface area contributed by atoms with Crippen molar-refractivity contribution < 1.29 is 4.79 Å². The number of nitrogens with two attached hydrogens (primary N) is 2. The molecule has 8 heteroatoms. The van der Waals surface area contributed by atoms with Gasteiger partial charge in [0.05, 0.1) is 16.9 Å². The van der Waals surface area contributed by atoms with Crippen molar-refractivity contribution in [3.8, 4) is 6.07 Å². The summed E-state index contributed by atoms with van der Waals surface area (Å²) < 4.78 is 0. The van der Waals surface area contributed by atoms with Crippen molar-refractivity contribution in [3.63, 3.8) is 0 Å². The Bertz CT molecular complexity index is 705. The van der Waals surface area contributed by atoms with Crippen LogP contribution in [-0.2, 0) is 4.79 Å². The Morgan fingerprint density at radius 3 is 2.41 bits per heavy atom. The molecule has 0 aliphatic carbocycles. The Morgan fingerprint density at radius 2 is 1.86 bits per heavy atom. The maximum absolute atomic E-state index is 12.1. The summed E-state index contributed by atoms with van der Waals surface area (Å²) >= 11 is 1.16. The molecule has 0 bridgehead atoms. The quantitative estimate of drug-likeness (QED) is 0.577. The molecule has 2 rings (SSSR count). The van der Waals surface area contributed by atoms with Gasteiger partial charge in [0.2, 0.25) is 5.91 Å². The molecule has 5 N–H and O–H groups in total. The molecule has 0 aliphatic rings. The van der Waals surface area contributed by atoms with Crippen LogP contribution in [0.4, 0.5) is 17.3 Å². The minimum atomic E-state index is -0.433. The van der Waals surface area contributed by atoms with Gasteiger partial charge in [-0.1, -0.05) is 11.8 Å². The van der Waals surface area contributed by atoms with E-state index in [2.05, 4.69) is 15.3 Å². The van der Waals surface area contributed by atoms with Gasteiger partial charge in [-0.15, -0.1) is 0 Å². The molecule has 0 saturated carbocycles. The van der Waals surface area contributed by atoms with Gasteiger partial charge in [-0.3, -0.25) is 4.79 Å². The molecule has 1 amide bonds. The van der Waals surface area contributed by atoms with E-state index >= 15 is 0 Å². The largest absolute Gasteiger partial charge is 0.383 e. The lowest BCUT2D eigenvalue weighted by molar-refractivity contribution is -0.115. The van der Waals surface area contributed by atoms with Gasteiger partial charge in [0.15, 0.2) is 5.16 Å². The number of nitrogens with one attached hydrogen (secondary N) is 1. The molecule has 0 radical (unpaired) electrons. The first-order valence-electron chi connectivity index (χ1n) is 6.35. The SMILES string of the molecule is C[C@@H](Sc1nc(N)cc(N)n1)C(=O)Nc1ccc(C#N)cc1. The molecular weight excluding hydrogens is 300 g/mol. The van der Waals surface area contributed by atoms with Crippen LogP contribution in [0.5, 0.6) is 0 Å². The molecule has 2 aromatic rings. The van der Waals surface area contributed by atoms with Crippen LogP contribution in [0.25, 0.3) is 0 Å². The minimum Gasteiger partial charge on any atom is -0.383 e. The third kappa shape index (κ3) is 4.10. The van der Waals surface area contributed by atoms with E-state index < -0.39 is 5.25 Å². The predicted octanol–water partition coefficient (Wildman–Crippen LogP) is 1.63. The molecule has 0 fully saturated rings. The molecule has 0 spiro atoms. The van der Waals surface area contributed by atoms with Crippen LogP contribution in [0, 0.1) is 11.3 Å². The van der Waals surface area contributed by atoms with Crippen LogP contribution in [-0.4, -0.2) is 21.1 Å². The van der Waals surface area contributed by atoms with E-state index in [9.17, 15) is 4.79 Å². The number of hydrogen-bond donors (Lipinski definition) is 3. The van der Waals surface area contributed by atoms with E-state index in [1.54, 1.807) is 31.2 Å². The highest BCUT2D eigenvalue weighted by Gasteiger charge is 2.16. The zero-order valence-corrected chi connectivity index (χ0v) is 12.6. The lowest BCUT2D eigenvalue weighted by Gasteiger charge is -2.11. The van der Waals surface area contributed by atoms with Crippen molar-refractivity contribution in [2.45, 2.75) is 17.3 Å². The van der Waals surface area contributed by atoms with Crippen LogP contribution in [0.2, 0.25) is 0 Å². The lowest BCUT2D eigenvalue weighted by Crippen LogP contribution is -2.22. The van der Waals surface area contributed by atoms with Crippen molar-refractivity contribution in [3.05, 3.63) is 35.9 Å². The maximum Gasteiger partial charge on any atom is 0.237 e. The third-order valence-electron chi connectivity index (χ3n) is 2.68. The standard InChI is InChI=1S/C14H14N6OS/c1-8(22-14-19-11(16)6-12(17)20-14)13(21)18-10-4-2-9(7-15)3-5-10/h2-6,8H,1H3,(H,18,21)(H4,16,17,19,20)/t8-/m1/s1. The summed E-state index contributed by atoms with van der Waals surface area (Å²) in [5.74, 6) is 0.309. The van der Waals surface area contributed by atoms with Gasteiger partial charge >= 0.3 is 0 Å². The molecule has 7 nitrogen and oxygen atoms in total. The predicted molar refractivity (Wildman–Crippen MR) is 86.0 cm³/mol. The number of anilines is 3. The summed E-state index contributed by atoms with van der Waals surface area (Å²) in [6.07, 6.45) is 0. The average molecular weight is 314 g/mol. The van der Waals surface area contributed by atoms with Crippen LogP contribution in [0.3, 0.4) is 0 Å². The summed E-state index contributed by atoms with van der Waals surface area (Å²) in [5, 5.41) is 11.4. The third-order valence-corrected chi connectivity index (χ3v) is 3.64. The normalized spacial score (nSPS) is 11.5. The van der Waals surface area contributed by atoms with Crippen molar-refractivity contribution in [1.29, 1.82) is 5.26 Å². The topological polar surface area (TPSA) is 131 Å². The molecule has 1 aromatic carbocycles. The van der Waals surface area contributed by atoms with Gasteiger partial charge in [0.25, 0.3) is 0 Å². The van der Waals surface area contributed by atoms with Gasteiger partial charge in [-0.2, -0.15) is 5.26 Å². The van der Waals surface area contributed by atoms with E-state index in [4.69, 9.17) is 16.7 Å². The Kier molecular flexibility index (Phi) is 4.80. The van der Waals surface area contributed by atoms with Crippen molar-refractivity contribution >= 4 is 35.0 Å². The average Bonchev–Trinajstić information content (AvgIpc) is 2.46. The first kappa shape index (κ1) is 15.6. The van der Waals surface area contributed by atoms with E-state index in [1.165, 1.54) is 6.07 Å². The van der Waals surface area contributed by atoms with Crippen molar-refractivity contribution in [1.82, 2.24) is 9.97 Å². The molecule has 0 unspecified atom stereocenters. The molecule has 112 valence electrons. The first-order chi connectivity index (χ1) is 10.5. The zero-order chi connectivity index (χ0) is 16.1. The molecule has 22 heavy (non-hydrogen) atoms. The number of amides is 1. The molecule has 0 aliphatic heterocycles. The molecule has 1 atom stereocenters. The number of hydrogen-bond acceptors (Lipinski definition) is 7. The zero-order valence-electron chi connectivity index (χ0n) is 11.8. The fraction of sp³-hybridized carbons (Fsp3) is 0.143. The maximum atomic E-state index is 12.1. The summed E-state index contributed by atoms with van der Waals surface area (Å²) in [5.41, 5.74) is 12.3. The molecule has 1 aromatic heterocycles. The number of carbonyl (C=O) groups is 1. The first-order valence-corrected chi connectivity index (χ1v) is 7.23. The van der Waals surface area contributed by atoms with E-state index in [1.807, 2.05) is 6.07 Å². The highest BCUT2D eigenvalue weighted by atomic mass is 32.2. The molecule has 0 saturated heterocycles. The van der Waals surface area contributed by atoms with E-state index in [0.717, 1.165) is 11.8 Å². The lowest BCUT2D eigenvalue weighted by atomic mass is 10.2. The smallest absolute Gasteiger partial charge is 0.237 e. The highest BCUT2D eigenvalue weighted by Crippen LogP contribution is 2.22. The van der Waals surface area contributed by atoms with E-state index in [0.29, 0.717) is 16.4 Å². The van der Waals surface area contributed by atoms with Crippen LogP contribution < -0.4 is 16.8 Å². The summed E-state index contributed by atoms with van der Waals surface area (Å²) in [6.45, 7) is 1.73. The summed E-state index contributed by atoms with van der Waals surface area (Å²) in [6, 6.07) is 10.1. The van der Waals surface area contributed by atoms with Crippen molar-refractivity contribution in [2.75, 3.05) is 16.8 Å². The van der Waals surface area contributed by atoms with Gasteiger partial charge in [0, 0.05) is 11.8 Å². The second kappa shape index (κ2) is 6.78. The number of thioether (sulfide) groups is 1. The fourth-order valence-electron chi connectivity index (χ4n) is 1.60. The second-order valence-electron chi connectivity index (χ2n) is 4.44. The number of nitrogens with zero attached hydrogens (tertiary/aromatic N) is 3. The van der Waals surface area contributed by atoms with Gasteiger partial charge in [-0.25, -0.2) is 9.97 Å². The molecular formula is C14H14N6OS. The van der Waals surface area contributed by atoms with E-state index in [-0.39, 0.29) is 17.5 Å². The van der Waals surface area contributed by atoms with Gasteiger partial charge in [0.1, 0.15) is 11.6 Å². The number of nitriles is 1. The number of nitrogen functional groups attached to an aromatic ring is 2. The van der Waals surface area contributed by atoms with Crippen LogP contribution in [0.15, 0.2) is 35.5 Å². The van der Waals surface area contributed by atoms with Crippen molar-refractivity contribution in [2.24, 2.45) is 0 Å². The van der Waals surface area contributed by atoms with Crippen LogP contribution >= 0.6 is 11.8 Å². The summed E-state index contributed by atoms with van der Waals surface area (Å²) in [4.78, 5) is 20.2. The molecule has 1 heterocycles. The second-order valence-corrected chi connectivity index (χ2v) is 5.75. The Hall–Kier alpha value is -2.79. The Balaban J connectivity index is 2.00. The summed E-state index contributed by atoms with van der Waals surface area (Å²) in [7, 11) is 0. The number of carbonyl (C=O) groups excluding carboxylic acids is 1. The van der Waals surface area contributed by atoms with Gasteiger partial charge in [-0.05, 0) is 31.2 Å². The number of aromatic nitrogens is 2. The number of benzene rings is 1. The minimum absolute atomic E-state index is 0.209. The number of rotatable bonds is 4. The Labute approximate surface area is 131 Å². The monoisotopic (exact) mass is 314 g/mol. The Morgan fingerprint density at radius 1 is 1.27 bits per heavy atom.